The second kappa shape index (κ2) is 4.64. The Bertz CT molecular complexity index is 741. The number of H-pyrrole nitrogens is 1. The molecule has 1 spiro atoms. The van der Waals surface area contributed by atoms with Crippen molar-refractivity contribution in [1.29, 1.82) is 0 Å². The summed E-state index contributed by atoms with van der Waals surface area (Å²) in [6.07, 6.45) is 6.15. The monoisotopic (exact) mass is 349 g/mol. The predicted octanol–water partition coefficient (Wildman–Crippen LogP) is 2.08. The smallest absolute Gasteiger partial charge is 0.166 e. The Hall–Kier alpha value is -0.880. The number of aromatic amines is 1. The summed E-state index contributed by atoms with van der Waals surface area (Å²) in [4.78, 5) is 0. The lowest BCUT2D eigenvalue weighted by Gasteiger charge is -2.65. The van der Waals surface area contributed by atoms with Crippen LogP contribution in [0.15, 0.2) is 12.3 Å². The first-order chi connectivity index (χ1) is 11.4. The van der Waals surface area contributed by atoms with E-state index in [4.69, 9.17) is 0 Å². The Kier molecular flexibility index (Phi) is 2.97. The first kappa shape index (κ1) is 15.4. The van der Waals surface area contributed by atoms with Gasteiger partial charge in [0.25, 0.3) is 0 Å². The fourth-order valence-corrected chi connectivity index (χ4v) is 10.8. The third-order valence-corrected chi connectivity index (χ3v) is 11.1. The molecule has 132 valence electrons. The van der Waals surface area contributed by atoms with Gasteiger partial charge in [-0.3, -0.25) is 5.10 Å². The Labute approximate surface area is 143 Å². The number of fused-ring (bicyclic) bond motifs is 1. The zero-order chi connectivity index (χ0) is 16.7. The predicted molar refractivity (Wildman–Crippen MR) is 92.1 cm³/mol. The molecule has 2 aliphatic heterocycles. The molecule has 0 aromatic carbocycles. The summed E-state index contributed by atoms with van der Waals surface area (Å²) in [5.41, 5.74) is 0.683. The normalized spacial score (nSPS) is 48.6. The van der Waals surface area contributed by atoms with E-state index >= 15 is 0 Å². The minimum absolute atomic E-state index is 0.155. The fraction of sp³-hybridized carbons (Fsp3) is 0.833. The molecule has 4 aliphatic rings. The SMILES string of the molecule is CC(C)C1C2(CCNC2)C(c2ccn[nH]2)(C2CC3CC3C2)S1(=O)=O. The fourth-order valence-electron chi connectivity index (χ4n) is 6.99. The minimum Gasteiger partial charge on any atom is -0.316 e. The number of nitrogens with zero attached hydrogens (tertiary/aromatic N) is 1. The highest BCUT2D eigenvalue weighted by Gasteiger charge is 2.81. The number of sulfone groups is 1. The molecule has 2 saturated carbocycles. The average molecular weight is 350 g/mol. The van der Waals surface area contributed by atoms with Crippen LogP contribution < -0.4 is 5.32 Å². The first-order valence-corrected chi connectivity index (χ1v) is 10.9. The maximum absolute atomic E-state index is 13.8. The maximum Gasteiger partial charge on any atom is 0.166 e. The molecular weight excluding hydrogens is 322 g/mol. The third kappa shape index (κ3) is 1.52. The van der Waals surface area contributed by atoms with Gasteiger partial charge in [0.05, 0.1) is 10.9 Å². The lowest BCUT2D eigenvalue weighted by molar-refractivity contribution is 0.0658. The van der Waals surface area contributed by atoms with E-state index in [0.717, 1.165) is 49.9 Å². The molecule has 5 nitrogen and oxygen atoms in total. The maximum atomic E-state index is 13.8. The molecule has 2 saturated heterocycles. The van der Waals surface area contributed by atoms with Crippen molar-refractivity contribution in [3.05, 3.63) is 18.0 Å². The van der Waals surface area contributed by atoms with Crippen molar-refractivity contribution < 1.29 is 8.42 Å². The topological polar surface area (TPSA) is 74.8 Å². The highest BCUT2D eigenvalue weighted by molar-refractivity contribution is 7.94. The van der Waals surface area contributed by atoms with Gasteiger partial charge in [-0.1, -0.05) is 13.8 Å². The summed E-state index contributed by atoms with van der Waals surface area (Å²) < 4.78 is 26.9. The molecule has 24 heavy (non-hydrogen) atoms. The molecule has 0 bridgehead atoms. The molecule has 5 unspecified atom stereocenters. The van der Waals surface area contributed by atoms with Crippen molar-refractivity contribution >= 4 is 9.84 Å². The number of aromatic nitrogens is 2. The van der Waals surface area contributed by atoms with Gasteiger partial charge < -0.3 is 5.32 Å². The average Bonchev–Trinajstić information content (AvgIpc) is 3.00. The van der Waals surface area contributed by atoms with E-state index < -0.39 is 14.6 Å². The summed E-state index contributed by atoms with van der Waals surface area (Å²) in [5.74, 6) is 1.95. The molecule has 5 atom stereocenters. The molecular formula is C18H27N3O2S. The van der Waals surface area contributed by atoms with E-state index in [2.05, 4.69) is 29.4 Å². The molecule has 4 fully saturated rings. The summed E-state index contributed by atoms with van der Waals surface area (Å²) in [6.45, 7) is 5.89. The van der Waals surface area contributed by atoms with Crippen molar-refractivity contribution in [1.82, 2.24) is 15.5 Å². The Morgan fingerprint density at radius 2 is 2.00 bits per heavy atom. The van der Waals surface area contributed by atoms with E-state index in [0.29, 0.717) is 0 Å². The Balaban J connectivity index is 1.73. The van der Waals surface area contributed by atoms with E-state index in [1.54, 1.807) is 6.20 Å². The largest absolute Gasteiger partial charge is 0.316 e. The summed E-state index contributed by atoms with van der Waals surface area (Å²) in [7, 11) is -3.24. The molecule has 5 rings (SSSR count). The minimum atomic E-state index is -3.24. The van der Waals surface area contributed by atoms with Gasteiger partial charge >= 0.3 is 0 Å². The van der Waals surface area contributed by atoms with Gasteiger partial charge in [0.1, 0.15) is 4.75 Å². The molecule has 0 radical (unpaired) electrons. The van der Waals surface area contributed by atoms with Crippen LogP contribution in [0, 0.1) is 29.1 Å². The quantitative estimate of drug-likeness (QED) is 0.876. The second-order valence-electron chi connectivity index (χ2n) is 8.92. The number of rotatable bonds is 3. The molecule has 1 aromatic heterocycles. The standard InChI is InChI=1S/C18H27N3O2S/c1-11(2)16-17(4-6-19-10-17)18(24(16,22)23,15-3-5-20-21-15)14-8-12-7-13(12)9-14/h3,5,11-14,16,19H,4,6-10H2,1-2H3,(H,20,21). The number of nitrogens with one attached hydrogen (secondary N) is 2. The van der Waals surface area contributed by atoms with Gasteiger partial charge in [-0.25, -0.2) is 8.42 Å². The molecule has 2 N–H and O–H groups in total. The lowest BCUT2D eigenvalue weighted by atomic mass is 9.60. The van der Waals surface area contributed by atoms with Gasteiger partial charge in [-0.2, -0.15) is 5.10 Å². The van der Waals surface area contributed by atoms with Crippen LogP contribution in [0.1, 0.15) is 45.2 Å². The second-order valence-corrected chi connectivity index (χ2v) is 11.2. The Morgan fingerprint density at radius 3 is 2.54 bits per heavy atom. The molecule has 3 heterocycles. The highest BCUT2D eigenvalue weighted by Crippen LogP contribution is 2.73. The highest BCUT2D eigenvalue weighted by atomic mass is 32.2. The summed E-state index contributed by atoms with van der Waals surface area (Å²) in [5, 5.41) is 10.5. The van der Waals surface area contributed by atoms with E-state index in [1.165, 1.54) is 6.42 Å². The van der Waals surface area contributed by atoms with Crippen LogP contribution in [0.25, 0.3) is 0 Å². The molecule has 1 aromatic rings. The van der Waals surface area contributed by atoms with Crippen LogP contribution >= 0.6 is 0 Å². The van der Waals surface area contributed by atoms with Crippen LogP contribution in [-0.4, -0.2) is 37.0 Å². The zero-order valence-electron chi connectivity index (χ0n) is 14.5. The molecule has 2 aliphatic carbocycles. The van der Waals surface area contributed by atoms with Crippen molar-refractivity contribution in [2.45, 2.75) is 49.5 Å². The van der Waals surface area contributed by atoms with Gasteiger partial charge in [0, 0.05) is 18.2 Å². The van der Waals surface area contributed by atoms with Crippen LogP contribution in [-0.2, 0) is 14.6 Å². The number of hydrogen-bond donors (Lipinski definition) is 2. The summed E-state index contributed by atoms with van der Waals surface area (Å²) in [6, 6.07) is 1.93. The van der Waals surface area contributed by atoms with Crippen LogP contribution in [0.3, 0.4) is 0 Å². The van der Waals surface area contributed by atoms with Crippen LogP contribution in [0.5, 0.6) is 0 Å². The zero-order valence-corrected chi connectivity index (χ0v) is 15.3. The van der Waals surface area contributed by atoms with E-state index in [9.17, 15) is 8.42 Å². The van der Waals surface area contributed by atoms with Crippen molar-refractivity contribution in [2.75, 3.05) is 13.1 Å². The van der Waals surface area contributed by atoms with Crippen LogP contribution in [0.4, 0.5) is 0 Å². The Morgan fingerprint density at radius 1 is 1.25 bits per heavy atom. The van der Waals surface area contributed by atoms with Gasteiger partial charge in [0.15, 0.2) is 9.84 Å². The molecule has 0 amide bonds. The first-order valence-electron chi connectivity index (χ1n) is 9.39. The van der Waals surface area contributed by atoms with Gasteiger partial charge in [0.2, 0.25) is 0 Å². The number of hydrogen-bond acceptors (Lipinski definition) is 4. The lowest BCUT2D eigenvalue weighted by Crippen LogP contribution is -2.76. The van der Waals surface area contributed by atoms with Crippen molar-refractivity contribution in [2.24, 2.45) is 29.1 Å². The molecule has 6 heteroatoms. The van der Waals surface area contributed by atoms with Gasteiger partial charge in [-0.15, -0.1) is 0 Å². The summed E-state index contributed by atoms with van der Waals surface area (Å²) >= 11 is 0. The van der Waals surface area contributed by atoms with Crippen molar-refractivity contribution in [3.63, 3.8) is 0 Å². The third-order valence-electron chi connectivity index (χ3n) is 7.58. The van der Waals surface area contributed by atoms with E-state index in [-0.39, 0.29) is 22.5 Å². The van der Waals surface area contributed by atoms with E-state index in [1.807, 2.05) is 6.07 Å². The van der Waals surface area contributed by atoms with Crippen molar-refractivity contribution in [3.8, 4) is 0 Å². The van der Waals surface area contributed by atoms with Crippen LogP contribution in [0.2, 0.25) is 0 Å². The van der Waals surface area contributed by atoms with Gasteiger partial charge in [-0.05, 0) is 62.0 Å².